The number of hydrazine groups is 1. The van der Waals surface area contributed by atoms with E-state index in [-0.39, 0.29) is 11.9 Å². The summed E-state index contributed by atoms with van der Waals surface area (Å²) < 4.78 is 0. The molecule has 1 fully saturated rings. The van der Waals surface area contributed by atoms with Crippen molar-refractivity contribution in [2.24, 2.45) is 0 Å². The van der Waals surface area contributed by atoms with Gasteiger partial charge in [-0.25, -0.2) is 10.9 Å². The molecule has 1 amide bonds. The quantitative estimate of drug-likeness (QED) is 0.810. The Bertz CT molecular complexity index is 771. The first-order chi connectivity index (χ1) is 11.2. The minimum absolute atomic E-state index is 0.0364. The van der Waals surface area contributed by atoms with E-state index in [9.17, 15) is 4.79 Å². The Morgan fingerprint density at radius 1 is 1.17 bits per heavy atom. The number of nitrogens with one attached hydrogen (secondary N) is 3. The highest BCUT2D eigenvalue weighted by atomic mass is 35.5. The highest BCUT2D eigenvalue weighted by Crippen LogP contribution is 2.28. The number of carbonyl (C=O) groups excluding carboxylic acids is 1. The molecule has 2 unspecified atom stereocenters. The van der Waals surface area contributed by atoms with E-state index in [1.165, 1.54) is 0 Å². The molecule has 23 heavy (non-hydrogen) atoms. The number of amides is 1. The van der Waals surface area contributed by atoms with Crippen molar-refractivity contribution >= 4 is 23.2 Å². The Morgan fingerprint density at radius 3 is 2.70 bits per heavy atom. The Kier molecular flexibility index (Phi) is 4.58. The maximum Gasteiger partial charge on any atom is 0.242 e. The lowest BCUT2D eigenvalue weighted by Crippen LogP contribution is -2.39. The smallest absolute Gasteiger partial charge is 0.242 e. The monoisotopic (exact) mass is 326 g/mol. The summed E-state index contributed by atoms with van der Waals surface area (Å²) in [6, 6.07) is 16.1. The standard InChI is InChI=1S/C17H15ClN4O/c18-13-7-3-2-6-12(13)15-9-16(22-21-15)17(23)20-14-8-4-1-5-11(14)10-19/h1-8,15-16,21-22H,9H2,(H,20,23). The molecular formula is C17H15ClN4O. The second-order valence-electron chi connectivity index (χ2n) is 5.30. The second kappa shape index (κ2) is 6.80. The number of nitriles is 1. The first-order valence-electron chi connectivity index (χ1n) is 7.24. The summed E-state index contributed by atoms with van der Waals surface area (Å²) in [6.45, 7) is 0. The minimum Gasteiger partial charge on any atom is -0.323 e. The van der Waals surface area contributed by atoms with Gasteiger partial charge in [-0.15, -0.1) is 0 Å². The van der Waals surface area contributed by atoms with E-state index in [1.54, 1.807) is 24.3 Å². The van der Waals surface area contributed by atoms with E-state index in [0.717, 1.165) is 5.56 Å². The number of carbonyl (C=O) groups is 1. The summed E-state index contributed by atoms with van der Waals surface area (Å²) in [7, 11) is 0. The van der Waals surface area contributed by atoms with Gasteiger partial charge in [-0.2, -0.15) is 5.26 Å². The molecule has 3 rings (SSSR count). The number of benzene rings is 2. The van der Waals surface area contributed by atoms with Gasteiger partial charge in [0.25, 0.3) is 0 Å². The zero-order valence-electron chi connectivity index (χ0n) is 12.2. The molecule has 0 aromatic heterocycles. The van der Waals surface area contributed by atoms with Gasteiger partial charge in [0, 0.05) is 11.1 Å². The van der Waals surface area contributed by atoms with Gasteiger partial charge in [0.15, 0.2) is 0 Å². The fourth-order valence-electron chi connectivity index (χ4n) is 2.60. The summed E-state index contributed by atoms with van der Waals surface area (Å²) >= 11 is 6.20. The SMILES string of the molecule is N#Cc1ccccc1NC(=O)C1CC(c2ccccc2Cl)NN1. The lowest BCUT2D eigenvalue weighted by molar-refractivity contribution is -0.117. The lowest BCUT2D eigenvalue weighted by atomic mass is 10.0. The van der Waals surface area contributed by atoms with Crippen LogP contribution in [0.5, 0.6) is 0 Å². The van der Waals surface area contributed by atoms with Gasteiger partial charge in [0.1, 0.15) is 12.1 Å². The molecule has 5 nitrogen and oxygen atoms in total. The molecule has 2 atom stereocenters. The van der Waals surface area contributed by atoms with Crippen LogP contribution in [-0.4, -0.2) is 11.9 Å². The summed E-state index contributed by atoms with van der Waals surface area (Å²) in [5.41, 5.74) is 7.99. The zero-order chi connectivity index (χ0) is 16.2. The van der Waals surface area contributed by atoms with Crippen LogP contribution in [0.4, 0.5) is 5.69 Å². The Hall–Kier alpha value is -2.39. The third-order valence-electron chi connectivity index (χ3n) is 3.81. The van der Waals surface area contributed by atoms with Crippen LogP contribution in [0, 0.1) is 11.3 Å². The van der Waals surface area contributed by atoms with Gasteiger partial charge in [-0.05, 0) is 30.2 Å². The molecule has 2 aromatic carbocycles. The van der Waals surface area contributed by atoms with Crippen LogP contribution in [0.25, 0.3) is 0 Å². The normalized spacial score (nSPS) is 20.0. The van der Waals surface area contributed by atoms with Gasteiger partial charge < -0.3 is 5.32 Å². The van der Waals surface area contributed by atoms with Gasteiger partial charge in [0.05, 0.1) is 11.3 Å². The van der Waals surface area contributed by atoms with E-state index >= 15 is 0 Å². The molecule has 0 saturated carbocycles. The van der Waals surface area contributed by atoms with E-state index in [0.29, 0.717) is 22.7 Å². The molecule has 0 spiro atoms. The molecule has 1 heterocycles. The molecule has 6 heteroatoms. The largest absolute Gasteiger partial charge is 0.323 e. The number of hydrogen-bond donors (Lipinski definition) is 3. The van der Waals surface area contributed by atoms with Crippen LogP contribution < -0.4 is 16.2 Å². The van der Waals surface area contributed by atoms with E-state index in [4.69, 9.17) is 16.9 Å². The van der Waals surface area contributed by atoms with Gasteiger partial charge in [-0.3, -0.25) is 4.79 Å². The van der Waals surface area contributed by atoms with Crippen molar-refractivity contribution in [2.75, 3.05) is 5.32 Å². The molecule has 1 aliphatic rings. The van der Waals surface area contributed by atoms with Crippen LogP contribution in [-0.2, 0) is 4.79 Å². The average molecular weight is 327 g/mol. The number of halogens is 1. The molecular weight excluding hydrogens is 312 g/mol. The zero-order valence-corrected chi connectivity index (χ0v) is 13.0. The Balaban J connectivity index is 1.69. The van der Waals surface area contributed by atoms with Crippen molar-refractivity contribution in [3.63, 3.8) is 0 Å². The average Bonchev–Trinajstić information content (AvgIpc) is 3.05. The van der Waals surface area contributed by atoms with Crippen LogP contribution in [0.2, 0.25) is 5.02 Å². The second-order valence-corrected chi connectivity index (χ2v) is 5.70. The third-order valence-corrected chi connectivity index (χ3v) is 4.15. The third kappa shape index (κ3) is 3.35. The van der Waals surface area contributed by atoms with Crippen molar-refractivity contribution < 1.29 is 4.79 Å². The summed E-state index contributed by atoms with van der Waals surface area (Å²) in [6.07, 6.45) is 0.574. The molecule has 3 N–H and O–H groups in total. The number of rotatable bonds is 3. The fourth-order valence-corrected chi connectivity index (χ4v) is 2.87. The predicted octanol–water partition coefficient (Wildman–Crippen LogP) is 2.76. The highest BCUT2D eigenvalue weighted by Gasteiger charge is 2.31. The molecule has 1 aliphatic heterocycles. The topological polar surface area (TPSA) is 77.0 Å². The number of hydrogen-bond acceptors (Lipinski definition) is 4. The summed E-state index contributed by atoms with van der Waals surface area (Å²) in [4.78, 5) is 12.4. The highest BCUT2D eigenvalue weighted by molar-refractivity contribution is 6.31. The van der Waals surface area contributed by atoms with E-state index in [1.807, 2.05) is 24.3 Å². The van der Waals surface area contributed by atoms with Crippen LogP contribution >= 0.6 is 11.6 Å². The van der Waals surface area contributed by atoms with Crippen LogP contribution in [0.15, 0.2) is 48.5 Å². The molecule has 0 radical (unpaired) electrons. The van der Waals surface area contributed by atoms with Crippen LogP contribution in [0.3, 0.4) is 0 Å². The first-order valence-corrected chi connectivity index (χ1v) is 7.62. The number of nitrogens with zero attached hydrogens (tertiary/aromatic N) is 1. The van der Waals surface area contributed by atoms with Crippen molar-refractivity contribution in [3.05, 3.63) is 64.7 Å². The van der Waals surface area contributed by atoms with Gasteiger partial charge in [-0.1, -0.05) is 41.9 Å². The van der Waals surface area contributed by atoms with Crippen molar-refractivity contribution in [3.8, 4) is 6.07 Å². The predicted molar refractivity (Wildman–Crippen MR) is 88.7 cm³/mol. The molecule has 0 bridgehead atoms. The maximum atomic E-state index is 12.4. The van der Waals surface area contributed by atoms with Crippen molar-refractivity contribution in [1.29, 1.82) is 5.26 Å². The minimum atomic E-state index is -0.400. The van der Waals surface area contributed by atoms with Crippen LogP contribution in [0.1, 0.15) is 23.6 Å². The van der Waals surface area contributed by atoms with Gasteiger partial charge >= 0.3 is 0 Å². The maximum absolute atomic E-state index is 12.4. The van der Waals surface area contributed by atoms with Gasteiger partial charge in [0.2, 0.25) is 5.91 Å². The Morgan fingerprint density at radius 2 is 1.91 bits per heavy atom. The van der Waals surface area contributed by atoms with E-state index < -0.39 is 6.04 Å². The fraction of sp³-hybridized carbons (Fsp3) is 0.176. The summed E-state index contributed by atoms with van der Waals surface area (Å²) in [5, 5.41) is 12.5. The molecule has 116 valence electrons. The molecule has 0 aliphatic carbocycles. The first kappa shape index (κ1) is 15.5. The van der Waals surface area contributed by atoms with Crippen molar-refractivity contribution in [1.82, 2.24) is 10.9 Å². The lowest BCUT2D eigenvalue weighted by Gasteiger charge is -2.12. The number of anilines is 1. The molecule has 2 aromatic rings. The Labute approximate surface area is 139 Å². The van der Waals surface area contributed by atoms with Crippen molar-refractivity contribution in [2.45, 2.75) is 18.5 Å². The summed E-state index contributed by atoms with van der Waals surface area (Å²) in [5.74, 6) is -0.185. The molecule has 1 saturated heterocycles. The number of para-hydroxylation sites is 1. The van der Waals surface area contributed by atoms with E-state index in [2.05, 4.69) is 22.2 Å².